The Morgan fingerprint density at radius 2 is 2.20 bits per heavy atom. The van der Waals surface area contributed by atoms with Crippen LogP contribution in [0.25, 0.3) is 0 Å². The highest BCUT2D eigenvalue weighted by atomic mass is 16.4. The number of aliphatic carboxylic acids is 1. The summed E-state index contributed by atoms with van der Waals surface area (Å²) in [5.41, 5.74) is 0.289. The molecule has 4 heteroatoms. The van der Waals surface area contributed by atoms with Crippen LogP contribution < -0.4 is 0 Å². The first kappa shape index (κ1) is 10.9. The van der Waals surface area contributed by atoms with Crippen molar-refractivity contribution in [2.75, 3.05) is 13.1 Å². The van der Waals surface area contributed by atoms with Gasteiger partial charge >= 0.3 is 5.97 Å². The fourth-order valence-electron chi connectivity index (χ4n) is 2.74. The monoisotopic (exact) mass is 213 g/mol. The molecule has 0 aromatic rings. The molecule has 15 heavy (non-hydrogen) atoms. The number of nitrogens with zero attached hydrogens (tertiary/aromatic N) is 1. The number of aliphatic hydroxyl groups is 1. The average Bonchev–Trinajstić information content (AvgIpc) is 2.44. The first-order valence-corrected chi connectivity index (χ1v) is 5.65. The van der Waals surface area contributed by atoms with Crippen LogP contribution in [0.1, 0.15) is 32.6 Å². The van der Waals surface area contributed by atoms with E-state index in [1.807, 2.05) is 4.90 Å². The molecule has 1 aliphatic carbocycles. The van der Waals surface area contributed by atoms with Crippen molar-refractivity contribution in [3.05, 3.63) is 0 Å². The van der Waals surface area contributed by atoms with Gasteiger partial charge in [-0.25, -0.2) is 0 Å². The third-order valence-electron chi connectivity index (χ3n) is 3.81. The molecular formula is C11H19NO3. The highest BCUT2D eigenvalue weighted by molar-refractivity contribution is 5.74. The van der Waals surface area contributed by atoms with Gasteiger partial charge in [-0.1, -0.05) is 13.3 Å². The number of likely N-dealkylation sites (tertiary alicyclic amines) is 1. The number of hydrogen-bond acceptors (Lipinski definition) is 3. The SMILES string of the molecule is CC1(CN2CC(O)CC2C(=O)O)CCC1. The smallest absolute Gasteiger partial charge is 0.321 e. The first-order valence-electron chi connectivity index (χ1n) is 5.65. The van der Waals surface area contributed by atoms with Gasteiger partial charge < -0.3 is 10.2 Å². The van der Waals surface area contributed by atoms with Crippen molar-refractivity contribution >= 4 is 5.97 Å². The zero-order valence-corrected chi connectivity index (χ0v) is 9.15. The highest BCUT2D eigenvalue weighted by Gasteiger charge is 2.41. The number of hydrogen-bond donors (Lipinski definition) is 2. The summed E-state index contributed by atoms with van der Waals surface area (Å²) in [6, 6.07) is -0.475. The molecule has 1 saturated heterocycles. The molecule has 2 fully saturated rings. The van der Waals surface area contributed by atoms with Crippen LogP contribution in [0.4, 0.5) is 0 Å². The molecule has 0 bridgehead atoms. The van der Waals surface area contributed by atoms with Crippen molar-refractivity contribution in [3.8, 4) is 0 Å². The van der Waals surface area contributed by atoms with Gasteiger partial charge in [0, 0.05) is 19.5 Å². The number of rotatable bonds is 3. The van der Waals surface area contributed by atoms with E-state index >= 15 is 0 Å². The molecule has 1 aliphatic heterocycles. The van der Waals surface area contributed by atoms with Gasteiger partial charge in [-0.2, -0.15) is 0 Å². The Balaban J connectivity index is 1.97. The normalized spacial score (nSPS) is 35.1. The number of carboxylic acid groups (broad SMARTS) is 1. The number of aliphatic hydroxyl groups excluding tert-OH is 1. The lowest BCUT2D eigenvalue weighted by molar-refractivity contribution is -0.142. The van der Waals surface area contributed by atoms with Crippen LogP contribution in [0.15, 0.2) is 0 Å². The molecule has 2 N–H and O–H groups in total. The molecule has 0 spiro atoms. The highest BCUT2D eigenvalue weighted by Crippen LogP contribution is 2.42. The Hall–Kier alpha value is -0.610. The molecule has 1 heterocycles. The van der Waals surface area contributed by atoms with Gasteiger partial charge in [0.05, 0.1) is 6.10 Å². The van der Waals surface area contributed by atoms with Crippen molar-refractivity contribution < 1.29 is 15.0 Å². The molecule has 2 aliphatic rings. The van der Waals surface area contributed by atoms with Crippen LogP contribution in [0.3, 0.4) is 0 Å². The van der Waals surface area contributed by atoms with E-state index in [2.05, 4.69) is 6.92 Å². The molecular weight excluding hydrogens is 194 g/mol. The maximum absolute atomic E-state index is 11.0. The number of carboxylic acids is 1. The fourth-order valence-corrected chi connectivity index (χ4v) is 2.74. The zero-order valence-electron chi connectivity index (χ0n) is 9.15. The molecule has 2 unspecified atom stereocenters. The van der Waals surface area contributed by atoms with Crippen LogP contribution in [0.2, 0.25) is 0 Å². The summed E-state index contributed by atoms with van der Waals surface area (Å²) >= 11 is 0. The minimum atomic E-state index is -0.797. The second-order valence-electron chi connectivity index (χ2n) is 5.34. The lowest BCUT2D eigenvalue weighted by Gasteiger charge is -2.42. The molecule has 2 rings (SSSR count). The van der Waals surface area contributed by atoms with E-state index in [1.54, 1.807) is 0 Å². The fraction of sp³-hybridized carbons (Fsp3) is 0.909. The van der Waals surface area contributed by atoms with Gasteiger partial charge in [-0.15, -0.1) is 0 Å². The van der Waals surface area contributed by atoms with Crippen molar-refractivity contribution in [2.24, 2.45) is 5.41 Å². The number of β-amino-alcohol motifs (C(OH)–C–C–N with tert-alkyl or cyclic N) is 1. The van der Waals surface area contributed by atoms with Crippen molar-refractivity contribution in [1.82, 2.24) is 4.90 Å². The van der Waals surface area contributed by atoms with E-state index in [1.165, 1.54) is 19.3 Å². The van der Waals surface area contributed by atoms with Crippen molar-refractivity contribution in [3.63, 3.8) is 0 Å². The molecule has 1 saturated carbocycles. The van der Waals surface area contributed by atoms with Crippen LogP contribution in [-0.2, 0) is 4.79 Å². The van der Waals surface area contributed by atoms with E-state index in [4.69, 9.17) is 5.11 Å². The third kappa shape index (κ3) is 2.16. The summed E-state index contributed by atoms with van der Waals surface area (Å²) in [5, 5.41) is 18.5. The Morgan fingerprint density at radius 3 is 2.67 bits per heavy atom. The number of carbonyl (C=O) groups is 1. The third-order valence-corrected chi connectivity index (χ3v) is 3.81. The van der Waals surface area contributed by atoms with E-state index in [0.717, 1.165) is 6.54 Å². The second-order valence-corrected chi connectivity index (χ2v) is 5.34. The maximum atomic E-state index is 11.0. The van der Waals surface area contributed by atoms with Gasteiger partial charge in [0.15, 0.2) is 0 Å². The molecule has 0 aromatic heterocycles. The molecule has 2 atom stereocenters. The van der Waals surface area contributed by atoms with Gasteiger partial charge in [-0.3, -0.25) is 9.69 Å². The predicted octanol–water partition coefficient (Wildman–Crippen LogP) is 0.696. The molecule has 0 amide bonds. The molecule has 0 aromatic carbocycles. The summed E-state index contributed by atoms with van der Waals surface area (Å²) in [6.07, 6.45) is 3.54. The lowest BCUT2D eigenvalue weighted by atomic mass is 9.70. The van der Waals surface area contributed by atoms with E-state index in [-0.39, 0.29) is 5.41 Å². The zero-order chi connectivity index (χ0) is 11.1. The van der Waals surface area contributed by atoms with Crippen LogP contribution in [-0.4, -0.2) is 46.3 Å². The van der Waals surface area contributed by atoms with Gasteiger partial charge in [0.25, 0.3) is 0 Å². The van der Waals surface area contributed by atoms with Crippen LogP contribution in [0, 0.1) is 5.41 Å². The summed E-state index contributed by atoms with van der Waals surface area (Å²) in [5.74, 6) is -0.797. The maximum Gasteiger partial charge on any atom is 0.321 e. The largest absolute Gasteiger partial charge is 0.480 e. The van der Waals surface area contributed by atoms with Gasteiger partial charge in [-0.05, 0) is 18.3 Å². The lowest BCUT2D eigenvalue weighted by Crippen LogP contribution is -2.45. The molecule has 4 nitrogen and oxygen atoms in total. The summed E-state index contributed by atoms with van der Waals surface area (Å²) in [4.78, 5) is 12.9. The standard InChI is InChI=1S/C11H19NO3/c1-11(3-2-4-11)7-12-6-8(13)5-9(12)10(14)15/h8-9,13H,2-7H2,1H3,(H,14,15). The minimum Gasteiger partial charge on any atom is -0.480 e. The summed E-state index contributed by atoms with van der Waals surface area (Å²) in [7, 11) is 0. The minimum absolute atomic E-state index is 0.289. The Labute approximate surface area is 89.9 Å². The summed E-state index contributed by atoms with van der Waals surface area (Å²) in [6.45, 7) is 3.55. The second kappa shape index (κ2) is 3.76. The predicted molar refractivity (Wildman–Crippen MR) is 55.6 cm³/mol. The van der Waals surface area contributed by atoms with Crippen molar-refractivity contribution in [2.45, 2.75) is 44.8 Å². The topological polar surface area (TPSA) is 60.8 Å². The Morgan fingerprint density at radius 1 is 1.53 bits per heavy atom. The van der Waals surface area contributed by atoms with Crippen LogP contribution >= 0.6 is 0 Å². The quantitative estimate of drug-likeness (QED) is 0.724. The summed E-state index contributed by atoms with van der Waals surface area (Å²) < 4.78 is 0. The molecule has 86 valence electrons. The van der Waals surface area contributed by atoms with Crippen LogP contribution in [0.5, 0.6) is 0 Å². The van der Waals surface area contributed by atoms with Crippen molar-refractivity contribution in [1.29, 1.82) is 0 Å². The Bertz CT molecular complexity index is 263. The van der Waals surface area contributed by atoms with E-state index in [9.17, 15) is 9.90 Å². The Kier molecular flexibility index (Phi) is 2.73. The van der Waals surface area contributed by atoms with Gasteiger partial charge in [0.1, 0.15) is 6.04 Å². The molecule has 0 radical (unpaired) electrons. The van der Waals surface area contributed by atoms with Gasteiger partial charge in [0.2, 0.25) is 0 Å². The first-order chi connectivity index (χ1) is 7.00. The average molecular weight is 213 g/mol. The van der Waals surface area contributed by atoms with E-state index < -0.39 is 18.1 Å². The van der Waals surface area contributed by atoms with E-state index in [0.29, 0.717) is 13.0 Å².